The third kappa shape index (κ3) is 2.75. The Kier molecular flexibility index (Phi) is 3.34. The van der Waals surface area contributed by atoms with Crippen LogP contribution in [0.25, 0.3) is 0 Å². The average molecular weight is 245 g/mol. The lowest BCUT2D eigenvalue weighted by atomic mass is 9.96. The summed E-state index contributed by atoms with van der Waals surface area (Å²) in [6.45, 7) is 8.85. The molecule has 1 heterocycles. The molecule has 1 atom stereocenters. The van der Waals surface area contributed by atoms with Crippen molar-refractivity contribution in [1.29, 1.82) is 0 Å². The number of nitrogens with zero attached hydrogens (tertiary/aromatic N) is 1. The van der Waals surface area contributed by atoms with Crippen LogP contribution in [-0.2, 0) is 5.41 Å². The number of thiazole rings is 1. The minimum Gasteiger partial charge on any atom is -0.245 e. The molecule has 0 radical (unpaired) electrons. The molecule has 0 bridgehead atoms. The molecule has 2 aromatic rings. The van der Waals surface area contributed by atoms with Crippen molar-refractivity contribution < 1.29 is 0 Å². The predicted octanol–water partition coefficient (Wildman–Crippen LogP) is 4.59. The highest BCUT2D eigenvalue weighted by atomic mass is 32.1. The zero-order valence-corrected chi connectivity index (χ0v) is 11.7. The van der Waals surface area contributed by atoms with Gasteiger partial charge >= 0.3 is 0 Å². The van der Waals surface area contributed by atoms with Crippen molar-refractivity contribution >= 4 is 11.3 Å². The summed E-state index contributed by atoms with van der Waals surface area (Å²) in [6.07, 6.45) is 0. The molecule has 0 amide bonds. The van der Waals surface area contributed by atoms with Gasteiger partial charge in [-0.3, -0.25) is 0 Å². The van der Waals surface area contributed by atoms with Gasteiger partial charge < -0.3 is 0 Å². The number of benzene rings is 1. The third-order valence-electron chi connectivity index (χ3n) is 2.91. The summed E-state index contributed by atoms with van der Waals surface area (Å²) in [5, 5.41) is 3.41. The Morgan fingerprint density at radius 3 is 2.29 bits per heavy atom. The fourth-order valence-electron chi connectivity index (χ4n) is 1.74. The lowest BCUT2D eigenvalue weighted by Crippen LogP contribution is -2.10. The van der Waals surface area contributed by atoms with Gasteiger partial charge in [0.25, 0.3) is 0 Å². The molecule has 1 aromatic carbocycles. The standard InChI is InChI=1S/C15H19NS/c1-11(12-8-6-5-7-9-12)13-10-17-14(16-13)15(2,3)4/h5-11H,1-4H3. The minimum atomic E-state index is 0.152. The summed E-state index contributed by atoms with van der Waals surface area (Å²) in [7, 11) is 0. The van der Waals surface area contributed by atoms with E-state index in [9.17, 15) is 0 Å². The fraction of sp³-hybridized carbons (Fsp3) is 0.400. The summed E-state index contributed by atoms with van der Waals surface area (Å²) in [5.41, 5.74) is 2.67. The summed E-state index contributed by atoms with van der Waals surface area (Å²) in [4.78, 5) is 4.78. The van der Waals surface area contributed by atoms with Crippen LogP contribution in [0.3, 0.4) is 0 Å². The van der Waals surface area contributed by atoms with Crippen LogP contribution in [0.15, 0.2) is 35.7 Å². The van der Waals surface area contributed by atoms with E-state index in [1.54, 1.807) is 11.3 Å². The van der Waals surface area contributed by atoms with Gasteiger partial charge in [-0.15, -0.1) is 11.3 Å². The van der Waals surface area contributed by atoms with Crippen LogP contribution in [0.5, 0.6) is 0 Å². The molecule has 0 N–H and O–H groups in total. The molecule has 90 valence electrons. The zero-order valence-electron chi connectivity index (χ0n) is 10.9. The van der Waals surface area contributed by atoms with Crippen LogP contribution in [0.2, 0.25) is 0 Å². The van der Waals surface area contributed by atoms with Gasteiger partial charge in [-0.1, -0.05) is 58.0 Å². The van der Waals surface area contributed by atoms with Gasteiger partial charge in [0, 0.05) is 16.7 Å². The smallest absolute Gasteiger partial charge is 0.0982 e. The number of aromatic nitrogens is 1. The second-order valence-electron chi connectivity index (χ2n) is 5.46. The van der Waals surface area contributed by atoms with Gasteiger partial charge in [0.1, 0.15) is 0 Å². The molecule has 2 rings (SSSR count). The Hall–Kier alpha value is -1.15. The second kappa shape index (κ2) is 4.61. The van der Waals surface area contributed by atoms with E-state index in [4.69, 9.17) is 4.98 Å². The lowest BCUT2D eigenvalue weighted by Gasteiger charge is -2.14. The highest BCUT2D eigenvalue weighted by Gasteiger charge is 2.20. The van der Waals surface area contributed by atoms with Gasteiger partial charge in [-0.2, -0.15) is 0 Å². The molecule has 0 fully saturated rings. The minimum absolute atomic E-state index is 0.152. The molecule has 0 saturated carbocycles. The van der Waals surface area contributed by atoms with Crippen molar-refractivity contribution in [2.24, 2.45) is 0 Å². The van der Waals surface area contributed by atoms with Gasteiger partial charge in [0.2, 0.25) is 0 Å². The maximum atomic E-state index is 4.78. The molecule has 0 spiro atoms. The molecule has 1 nitrogen and oxygen atoms in total. The maximum Gasteiger partial charge on any atom is 0.0982 e. The SMILES string of the molecule is CC(c1ccccc1)c1csc(C(C)(C)C)n1. The van der Waals surface area contributed by atoms with E-state index in [1.807, 2.05) is 0 Å². The molecule has 0 aliphatic rings. The van der Waals surface area contributed by atoms with E-state index >= 15 is 0 Å². The van der Waals surface area contributed by atoms with Gasteiger partial charge in [-0.25, -0.2) is 4.98 Å². The fourth-order valence-corrected chi connectivity index (χ4v) is 2.74. The topological polar surface area (TPSA) is 12.9 Å². The molecule has 0 aliphatic heterocycles. The van der Waals surface area contributed by atoms with E-state index in [2.05, 4.69) is 63.4 Å². The van der Waals surface area contributed by atoms with Crippen LogP contribution in [-0.4, -0.2) is 4.98 Å². The Labute approximate surface area is 108 Å². The van der Waals surface area contributed by atoms with Crippen LogP contribution in [0.1, 0.15) is 49.9 Å². The Morgan fingerprint density at radius 2 is 1.76 bits per heavy atom. The van der Waals surface area contributed by atoms with Crippen molar-refractivity contribution in [3.63, 3.8) is 0 Å². The molecule has 2 heteroatoms. The molecule has 1 aromatic heterocycles. The van der Waals surface area contributed by atoms with Crippen molar-refractivity contribution in [2.45, 2.75) is 39.0 Å². The highest BCUT2D eigenvalue weighted by molar-refractivity contribution is 7.09. The van der Waals surface area contributed by atoms with Crippen LogP contribution in [0.4, 0.5) is 0 Å². The van der Waals surface area contributed by atoms with Crippen LogP contribution in [0, 0.1) is 0 Å². The number of rotatable bonds is 2. The summed E-state index contributed by atoms with van der Waals surface area (Å²) in [6, 6.07) is 10.6. The summed E-state index contributed by atoms with van der Waals surface area (Å²) in [5.74, 6) is 0.378. The third-order valence-corrected chi connectivity index (χ3v) is 4.19. The Bertz CT molecular complexity index is 479. The first kappa shape index (κ1) is 12.3. The van der Waals surface area contributed by atoms with Crippen molar-refractivity contribution in [3.8, 4) is 0 Å². The van der Waals surface area contributed by atoms with E-state index in [0.717, 1.165) is 0 Å². The van der Waals surface area contributed by atoms with E-state index in [0.29, 0.717) is 5.92 Å². The van der Waals surface area contributed by atoms with Crippen molar-refractivity contribution in [2.75, 3.05) is 0 Å². The Balaban J connectivity index is 2.27. The maximum absolute atomic E-state index is 4.78. The summed E-state index contributed by atoms with van der Waals surface area (Å²) >= 11 is 1.77. The first-order valence-electron chi connectivity index (χ1n) is 5.99. The zero-order chi connectivity index (χ0) is 12.5. The molecular formula is C15H19NS. The van der Waals surface area contributed by atoms with Crippen molar-refractivity contribution in [1.82, 2.24) is 4.98 Å². The number of hydrogen-bond acceptors (Lipinski definition) is 2. The first-order chi connectivity index (χ1) is 7.98. The van der Waals surface area contributed by atoms with Gasteiger partial charge in [0.15, 0.2) is 0 Å². The van der Waals surface area contributed by atoms with Gasteiger partial charge in [0.05, 0.1) is 10.7 Å². The molecule has 0 aliphatic carbocycles. The second-order valence-corrected chi connectivity index (χ2v) is 6.32. The molecule has 17 heavy (non-hydrogen) atoms. The average Bonchev–Trinajstić information content (AvgIpc) is 2.78. The van der Waals surface area contributed by atoms with Crippen molar-refractivity contribution in [3.05, 3.63) is 52.0 Å². The number of hydrogen-bond donors (Lipinski definition) is 0. The molecule has 1 unspecified atom stereocenters. The quantitative estimate of drug-likeness (QED) is 0.754. The monoisotopic (exact) mass is 245 g/mol. The van der Waals surface area contributed by atoms with Gasteiger partial charge in [-0.05, 0) is 5.56 Å². The molecular weight excluding hydrogens is 226 g/mol. The normalized spacial score (nSPS) is 13.6. The lowest BCUT2D eigenvalue weighted by molar-refractivity contribution is 0.582. The largest absolute Gasteiger partial charge is 0.245 e. The highest BCUT2D eigenvalue weighted by Crippen LogP contribution is 2.30. The first-order valence-corrected chi connectivity index (χ1v) is 6.87. The predicted molar refractivity (Wildman–Crippen MR) is 74.8 cm³/mol. The van der Waals surface area contributed by atoms with Crippen LogP contribution >= 0.6 is 11.3 Å². The van der Waals surface area contributed by atoms with E-state index in [-0.39, 0.29) is 5.41 Å². The van der Waals surface area contributed by atoms with Crippen LogP contribution < -0.4 is 0 Å². The van der Waals surface area contributed by atoms with E-state index in [1.165, 1.54) is 16.3 Å². The summed E-state index contributed by atoms with van der Waals surface area (Å²) < 4.78 is 0. The van der Waals surface area contributed by atoms with E-state index < -0.39 is 0 Å². The Morgan fingerprint density at radius 1 is 1.12 bits per heavy atom. The molecule has 0 saturated heterocycles.